The van der Waals surface area contributed by atoms with Crippen LogP contribution in [0.2, 0.25) is 0 Å². The molecular formula is C15H21NO3S. The third-order valence-corrected chi connectivity index (χ3v) is 5.11. The van der Waals surface area contributed by atoms with Gasteiger partial charge in [0.05, 0.1) is 5.41 Å². The molecule has 0 radical (unpaired) electrons. The number of aliphatic carboxylic acids is 1. The summed E-state index contributed by atoms with van der Waals surface area (Å²) in [6, 6.07) is 0. The number of rotatable bonds is 5. The van der Waals surface area contributed by atoms with E-state index < -0.39 is 11.4 Å². The number of carboxylic acid groups (broad SMARTS) is 1. The van der Waals surface area contributed by atoms with Crippen molar-refractivity contribution in [3.63, 3.8) is 0 Å². The van der Waals surface area contributed by atoms with Crippen LogP contribution in [0.4, 0.5) is 0 Å². The number of carbonyl (C=O) groups is 2. The molecule has 0 bridgehead atoms. The number of carbonyl (C=O) groups excluding carboxylic acids is 1. The van der Waals surface area contributed by atoms with Crippen molar-refractivity contribution in [3.8, 4) is 0 Å². The zero-order valence-electron chi connectivity index (χ0n) is 11.8. The molecule has 1 heterocycles. The third kappa shape index (κ3) is 3.39. The lowest BCUT2D eigenvalue weighted by Gasteiger charge is -2.32. The maximum absolute atomic E-state index is 12.1. The monoisotopic (exact) mass is 295 g/mol. The van der Waals surface area contributed by atoms with Crippen molar-refractivity contribution < 1.29 is 14.7 Å². The zero-order chi connectivity index (χ0) is 14.6. The highest BCUT2D eigenvalue weighted by molar-refractivity contribution is 7.08. The maximum atomic E-state index is 12.1. The molecule has 5 heteroatoms. The summed E-state index contributed by atoms with van der Waals surface area (Å²) in [5, 5.41) is 16.4. The van der Waals surface area contributed by atoms with Gasteiger partial charge in [-0.2, -0.15) is 11.3 Å². The Morgan fingerprint density at radius 3 is 2.55 bits per heavy atom. The van der Waals surface area contributed by atoms with Gasteiger partial charge in [-0.15, -0.1) is 0 Å². The van der Waals surface area contributed by atoms with E-state index in [0.29, 0.717) is 19.4 Å². The van der Waals surface area contributed by atoms with Crippen LogP contribution in [-0.2, 0) is 16.1 Å². The molecule has 2 rings (SSSR count). The predicted octanol–water partition coefficient (Wildman–Crippen LogP) is 3.10. The van der Waals surface area contributed by atoms with Crippen molar-refractivity contribution in [2.45, 2.75) is 52.0 Å². The first-order valence-electron chi connectivity index (χ1n) is 7.05. The number of hydrogen-bond donors (Lipinski definition) is 2. The molecule has 1 aromatic heterocycles. The lowest BCUT2D eigenvalue weighted by atomic mass is 9.71. The first-order chi connectivity index (χ1) is 9.53. The van der Waals surface area contributed by atoms with E-state index in [1.54, 1.807) is 11.3 Å². The van der Waals surface area contributed by atoms with E-state index >= 15 is 0 Å². The molecule has 1 saturated carbocycles. The summed E-state index contributed by atoms with van der Waals surface area (Å²) >= 11 is 1.61. The number of aryl methyl sites for hydroxylation is 1. The quantitative estimate of drug-likeness (QED) is 0.877. The molecule has 1 aromatic rings. The molecule has 0 aromatic carbocycles. The second kappa shape index (κ2) is 6.39. The molecule has 1 aliphatic carbocycles. The summed E-state index contributed by atoms with van der Waals surface area (Å²) in [4.78, 5) is 23.6. The largest absolute Gasteiger partial charge is 0.481 e. The second-order valence-corrected chi connectivity index (χ2v) is 6.42. The van der Waals surface area contributed by atoms with Gasteiger partial charge in [-0.3, -0.25) is 9.59 Å². The zero-order valence-corrected chi connectivity index (χ0v) is 12.6. The van der Waals surface area contributed by atoms with Gasteiger partial charge >= 0.3 is 5.97 Å². The summed E-state index contributed by atoms with van der Waals surface area (Å²) in [7, 11) is 0. The molecule has 0 unspecified atom stereocenters. The topological polar surface area (TPSA) is 66.4 Å². The highest BCUT2D eigenvalue weighted by atomic mass is 32.1. The highest BCUT2D eigenvalue weighted by Gasteiger charge is 2.41. The van der Waals surface area contributed by atoms with E-state index in [9.17, 15) is 14.7 Å². The fourth-order valence-corrected chi connectivity index (χ4v) is 3.68. The van der Waals surface area contributed by atoms with E-state index in [4.69, 9.17) is 0 Å². The summed E-state index contributed by atoms with van der Waals surface area (Å²) in [5.74, 6) is -0.973. The first kappa shape index (κ1) is 15.0. The summed E-state index contributed by atoms with van der Waals surface area (Å²) < 4.78 is 0. The van der Waals surface area contributed by atoms with Crippen molar-refractivity contribution >= 4 is 23.2 Å². The van der Waals surface area contributed by atoms with Gasteiger partial charge in [-0.1, -0.05) is 19.3 Å². The summed E-state index contributed by atoms with van der Waals surface area (Å²) in [6.45, 7) is 2.50. The summed E-state index contributed by atoms with van der Waals surface area (Å²) in [5.41, 5.74) is 1.43. The number of thiophene rings is 1. The van der Waals surface area contributed by atoms with E-state index in [2.05, 4.69) is 5.32 Å². The highest BCUT2D eigenvalue weighted by Crippen LogP contribution is 2.39. The molecule has 0 atom stereocenters. The maximum Gasteiger partial charge on any atom is 0.310 e. The minimum Gasteiger partial charge on any atom is -0.481 e. The Labute approximate surface area is 123 Å². The van der Waals surface area contributed by atoms with E-state index in [0.717, 1.165) is 24.8 Å². The van der Waals surface area contributed by atoms with Crippen LogP contribution in [0.15, 0.2) is 10.8 Å². The van der Waals surface area contributed by atoms with Gasteiger partial charge in [0.25, 0.3) is 0 Å². The smallest absolute Gasteiger partial charge is 0.310 e. The lowest BCUT2D eigenvalue weighted by Crippen LogP contribution is -2.39. The third-order valence-electron chi connectivity index (χ3n) is 4.20. The number of nitrogens with one attached hydrogen (secondary N) is 1. The Morgan fingerprint density at radius 1 is 1.30 bits per heavy atom. The molecule has 1 fully saturated rings. The minimum atomic E-state index is -0.841. The molecule has 0 spiro atoms. The second-order valence-electron chi connectivity index (χ2n) is 5.68. The molecule has 1 aliphatic rings. The molecule has 110 valence electrons. The fourth-order valence-electron chi connectivity index (χ4n) is 2.83. The van der Waals surface area contributed by atoms with Crippen LogP contribution in [0.1, 0.15) is 49.7 Å². The van der Waals surface area contributed by atoms with Gasteiger partial charge in [-0.25, -0.2) is 0 Å². The number of carboxylic acids is 1. The van der Waals surface area contributed by atoms with Crippen LogP contribution in [0.5, 0.6) is 0 Å². The van der Waals surface area contributed by atoms with E-state index in [-0.39, 0.29) is 12.3 Å². The molecule has 0 aliphatic heterocycles. The lowest BCUT2D eigenvalue weighted by molar-refractivity contribution is -0.154. The van der Waals surface area contributed by atoms with Crippen molar-refractivity contribution in [2.24, 2.45) is 5.41 Å². The normalized spacial score (nSPS) is 17.6. The average Bonchev–Trinajstić information content (AvgIpc) is 2.83. The van der Waals surface area contributed by atoms with Crippen LogP contribution in [0, 0.1) is 12.3 Å². The Hall–Kier alpha value is -1.36. The van der Waals surface area contributed by atoms with Crippen molar-refractivity contribution in [1.82, 2.24) is 5.32 Å². The molecule has 20 heavy (non-hydrogen) atoms. The van der Waals surface area contributed by atoms with Crippen molar-refractivity contribution in [3.05, 3.63) is 21.9 Å². The van der Waals surface area contributed by atoms with Crippen LogP contribution in [-0.4, -0.2) is 17.0 Å². The van der Waals surface area contributed by atoms with E-state index in [1.807, 2.05) is 17.7 Å². The molecule has 1 amide bonds. The number of hydrogen-bond acceptors (Lipinski definition) is 3. The van der Waals surface area contributed by atoms with Crippen molar-refractivity contribution in [2.75, 3.05) is 0 Å². The minimum absolute atomic E-state index is 0.103. The number of amides is 1. The SMILES string of the molecule is Cc1cscc1CNC(=O)CC1(C(=O)O)CCCCC1. The average molecular weight is 295 g/mol. The van der Waals surface area contributed by atoms with Gasteiger partial charge in [0.2, 0.25) is 5.91 Å². The van der Waals surface area contributed by atoms with Crippen LogP contribution in [0.3, 0.4) is 0 Å². The summed E-state index contributed by atoms with van der Waals surface area (Å²) in [6.07, 6.45) is 4.23. The van der Waals surface area contributed by atoms with Gasteiger partial charge in [0, 0.05) is 13.0 Å². The van der Waals surface area contributed by atoms with Gasteiger partial charge < -0.3 is 10.4 Å². The fraction of sp³-hybridized carbons (Fsp3) is 0.600. The molecule has 2 N–H and O–H groups in total. The van der Waals surface area contributed by atoms with Crippen molar-refractivity contribution in [1.29, 1.82) is 0 Å². The van der Waals surface area contributed by atoms with Gasteiger partial charge in [0.15, 0.2) is 0 Å². The molecule has 0 saturated heterocycles. The predicted molar refractivity (Wildman–Crippen MR) is 78.7 cm³/mol. The molecule has 4 nitrogen and oxygen atoms in total. The Bertz CT molecular complexity index is 489. The standard InChI is InChI=1S/C15H21NO3S/c1-11-9-20-10-12(11)8-16-13(17)7-15(14(18)19)5-3-2-4-6-15/h9-10H,2-8H2,1H3,(H,16,17)(H,18,19). The molecular weight excluding hydrogens is 274 g/mol. The Morgan fingerprint density at radius 2 is 2.00 bits per heavy atom. The van der Waals surface area contributed by atoms with Crippen LogP contribution < -0.4 is 5.32 Å². The van der Waals surface area contributed by atoms with Gasteiger partial charge in [0.1, 0.15) is 0 Å². The Balaban J connectivity index is 1.92. The Kier molecular flexibility index (Phi) is 4.81. The van der Waals surface area contributed by atoms with Crippen LogP contribution >= 0.6 is 11.3 Å². The van der Waals surface area contributed by atoms with Gasteiger partial charge in [-0.05, 0) is 41.7 Å². The van der Waals surface area contributed by atoms with Crippen LogP contribution in [0.25, 0.3) is 0 Å². The van der Waals surface area contributed by atoms with E-state index in [1.165, 1.54) is 5.56 Å². The first-order valence-corrected chi connectivity index (χ1v) is 7.99.